The summed E-state index contributed by atoms with van der Waals surface area (Å²) in [5.74, 6) is 1.66. The molecule has 11 nitrogen and oxygen atoms in total. The zero-order valence-corrected chi connectivity index (χ0v) is 32.9. The van der Waals surface area contributed by atoms with E-state index in [0.29, 0.717) is 13.0 Å². The highest BCUT2D eigenvalue weighted by Crippen LogP contribution is 2.55. The van der Waals surface area contributed by atoms with E-state index >= 15 is 0 Å². The number of halogens is 1. The van der Waals surface area contributed by atoms with Gasteiger partial charge in [0.2, 0.25) is 0 Å². The molecule has 3 aliphatic carbocycles. The molecule has 52 heavy (non-hydrogen) atoms. The first-order valence-corrected chi connectivity index (χ1v) is 20.4. The van der Waals surface area contributed by atoms with Crippen molar-refractivity contribution < 1.29 is 26.9 Å². The van der Waals surface area contributed by atoms with Crippen LogP contribution in [-0.4, -0.2) is 60.5 Å². The highest BCUT2D eigenvalue weighted by molar-refractivity contribution is 9.10. The number of rotatable bonds is 10. The van der Waals surface area contributed by atoms with Gasteiger partial charge in [-0.05, 0) is 118 Å². The normalized spacial score (nSPS) is 21.1. The minimum Gasteiger partial charge on any atom is -0.497 e. The number of carbonyl (C=O) groups is 1. The molecule has 1 N–H and O–H groups in total. The van der Waals surface area contributed by atoms with Gasteiger partial charge in [-0.3, -0.25) is 4.18 Å². The van der Waals surface area contributed by atoms with Crippen molar-refractivity contribution in [2.45, 2.75) is 114 Å². The first kappa shape index (κ1) is 36.7. The molecule has 4 aromatic rings. The Bertz CT molecular complexity index is 2040. The van der Waals surface area contributed by atoms with E-state index in [1.54, 1.807) is 37.6 Å². The summed E-state index contributed by atoms with van der Waals surface area (Å²) in [4.78, 5) is 20.7. The van der Waals surface area contributed by atoms with E-state index in [2.05, 4.69) is 38.3 Å². The van der Waals surface area contributed by atoms with Crippen molar-refractivity contribution in [3.63, 3.8) is 0 Å². The maximum Gasteiger partial charge on any atom is 0.407 e. The van der Waals surface area contributed by atoms with Crippen molar-refractivity contribution in [3.8, 4) is 5.75 Å². The number of alkyl carbamates (subject to hydrolysis) is 1. The second kappa shape index (κ2) is 14.3. The number of nitrogens with zero attached hydrogens (tertiary/aromatic N) is 4. The largest absolute Gasteiger partial charge is 0.497 e. The van der Waals surface area contributed by atoms with Crippen molar-refractivity contribution in [1.82, 2.24) is 19.9 Å². The van der Waals surface area contributed by atoms with Crippen LogP contribution in [0.15, 0.2) is 64.1 Å². The number of methoxy groups -OCH3 is 1. The second-order valence-electron chi connectivity index (χ2n) is 15.6. The van der Waals surface area contributed by atoms with Gasteiger partial charge in [-0.1, -0.05) is 42.7 Å². The smallest absolute Gasteiger partial charge is 0.407 e. The lowest BCUT2D eigenvalue weighted by Gasteiger charge is -2.34. The summed E-state index contributed by atoms with van der Waals surface area (Å²) in [7, 11) is -2.29. The molecule has 0 radical (unpaired) electrons. The average molecular weight is 795 g/mol. The van der Waals surface area contributed by atoms with Crippen molar-refractivity contribution in [3.05, 3.63) is 81.6 Å². The molecule has 0 saturated heterocycles. The molecule has 1 amide bonds. The lowest BCUT2D eigenvalue weighted by atomic mass is 9.76. The number of amides is 1. The second-order valence-corrected chi connectivity index (χ2v) is 18.1. The number of benzene rings is 2. The number of fused-ring (bicyclic) bond motifs is 3. The van der Waals surface area contributed by atoms with E-state index in [-0.39, 0.29) is 34.9 Å². The van der Waals surface area contributed by atoms with Crippen LogP contribution < -0.4 is 15.0 Å². The summed E-state index contributed by atoms with van der Waals surface area (Å²) in [5, 5.41) is 7.98. The third-order valence-corrected chi connectivity index (χ3v) is 12.8. The van der Waals surface area contributed by atoms with Gasteiger partial charge in [0.15, 0.2) is 5.65 Å². The zero-order valence-electron chi connectivity index (χ0n) is 30.5. The van der Waals surface area contributed by atoms with Crippen LogP contribution in [0, 0.1) is 12.8 Å². The molecule has 1 unspecified atom stereocenters. The highest BCUT2D eigenvalue weighted by atomic mass is 79.9. The number of aromatic nitrogens is 3. The Morgan fingerprint density at radius 1 is 1.08 bits per heavy atom. The predicted molar refractivity (Wildman–Crippen MR) is 202 cm³/mol. The van der Waals surface area contributed by atoms with E-state index in [1.165, 1.54) is 0 Å². The summed E-state index contributed by atoms with van der Waals surface area (Å²) in [6.45, 7) is 8.19. The number of ether oxygens (including phenoxy) is 2. The third-order valence-electron chi connectivity index (χ3n) is 11.0. The Balaban J connectivity index is 1.28. The maximum atomic E-state index is 13.4. The van der Waals surface area contributed by atoms with Gasteiger partial charge in [0.25, 0.3) is 10.1 Å². The Labute approximate surface area is 314 Å². The maximum absolute atomic E-state index is 13.4. The first-order valence-electron chi connectivity index (χ1n) is 18.2. The van der Waals surface area contributed by atoms with Gasteiger partial charge in [0, 0.05) is 29.6 Å². The monoisotopic (exact) mass is 793 g/mol. The molecule has 278 valence electrons. The van der Waals surface area contributed by atoms with Crippen LogP contribution in [-0.2, 0) is 37.4 Å². The van der Waals surface area contributed by atoms with Gasteiger partial charge in [-0.15, -0.1) is 0 Å². The number of hydrogen-bond acceptors (Lipinski definition) is 9. The molecule has 3 atom stereocenters. The Hall–Kier alpha value is -3.68. The summed E-state index contributed by atoms with van der Waals surface area (Å²) >= 11 is 3.74. The molecule has 7 rings (SSSR count). The van der Waals surface area contributed by atoms with Gasteiger partial charge in [0.1, 0.15) is 17.2 Å². The zero-order chi connectivity index (χ0) is 36.8. The lowest BCUT2D eigenvalue weighted by Crippen LogP contribution is -2.40. The summed E-state index contributed by atoms with van der Waals surface area (Å²) in [6, 6.07) is 14.9. The van der Waals surface area contributed by atoms with Crippen LogP contribution in [0.3, 0.4) is 0 Å². The SMILES string of the molecule is COc1ccc(CN(c2c3c(nc4c(Br)cnn24)C2(CCCC2)C(COS(=O)(=O)c2ccc(C)cc2)C3)[C@H]2CC[C@H](NC(=O)OC(C)(C)C)C2)cc1. The molecule has 3 aliphatic rings. The topological polar surface area (TPSA) is 124 Å². The number of nitrogens with one attached hydrogen (secondary N) is 1. The van der Waals surface area contributed by atoms with Crippen molar-refractivity contribution in [2.24, 2.45) is 5.92 Å². The van der Waals surface area contributed by atoms with E-state index in [4.69, 9.17) is 23.7 Å². The molecule has 13 heteroatoms. The Morgan fingerprint density at radius 2 is 1.79 bits per heavy atom. The van der Waals surface area contributed by atoms with Crippen LogP contribution in [0.2, 0.25) is 0 Å². The van der Waals surface area contributed by atoms with E-state index in [1.807, 2.05) is 44.3 Å². The minimum absolute atomic E-state index is 0.0535. The van der Waals surface area contributed by atoms with Crippen LogP contribution in [0.4, 0.5) is 10.6 Å². The molecule has 1 spiro atoms. The highest BCUT2D eigenvalue weighted by Gasteiger charge is 2.52. The molecule has 0 aliphatic heterocycles. The van der Waals surface area contributed by atoms with E-state index in [0.717, 1.165) is 89.0 Å². The minimum atomic E-state index is -3.96. The van der Waals surface area contributed by atoms with Gasteiger partial charge in [-0.2, -0.15) is 18.0 Å². The van der Waals surface area contributed by atoms with Gasteiger partial charge < -0.3 is 19.7 Å². The molecule has 2 fully saturated rings. The molecule has 2 saturated carbocycles. The van der Waals surface area contributed by atoms with Gasteiger partial charge in [-0.25, -0.2) is 9.78 Å². The summed E-state index contributed by atoms with van der Waals surface area (Å²) in [5.41, 5.74) is 4.02. The van der Waals surface area contributed by atoms with E-state index in [9.17, 15) is 13.2 Å². The predicted octanol–water partition coefficient (Wildman–Crippen LogP) is 7.65. The summed E-state index contributed by atoms with van der Waals surface area (Å²) in [6.07, 6.45) is 8.29. The molecular weight excluding hydrogens is 746 g/mol. The van der Waals surface area contributed by atoms with Crippen LogP contribution in [0.5, 0.6) is 5.75 Å². The quantitative estimate of drug-likeness (QED) is 0.161. The number of hydrogen-bond donors (Lipinski definition) is 1. The van der Waals surface area contributed by atoms with Crippen LogP contribution in [0.25, 0.3) is 5.65 Å². The lowest BCUT2D eigenvalue weighted by molar-refractivity contribution is 0.0505. The average Bonchev–Trinajstić information content (AvgIpc) is 3.90. The standard InChI is InChI=1S/C39H48BrN5O6S/c1-25-8-16-31(17-9-25)52(47,48)50-24-27-20-32-34(39(27)18-6-7-19-39)43-35-33(40)22-41-45(35)36(32)44(23-26-10-14-30(49-5)15-11-26)29-13-12-28(21-29)42-37(46)51-38(2,3)4/h8-11,14-17,22,27-29H,6-7,12-13,18-21,23-24H2,1-5H3,(H,42,46)/t27?,28-,29-/m0/s1. The molecule has 2 heterocycles. The van der Waals surface area contributed by atoms with Crippen molar-refractivity contribution in [1.29, 1.82) is 0 Å². The van der Waals surface area contributed by atoms with Crippen LogP contribution >= 0.6 is 15.9 Å². The third kappa shape index (κ3) is 7.28. The fourth-order valence-electron chi connectivity index (χ4n) is 8.48. The molecule has 0 bridgehead atoms. The Kier molecular flexibility index (Phi) is 10.1. The first-order chi connectivity index (χ1) is 24.8. The molecular formula is C39H48BrN5O6S. The molecule has 2 aromatic heterocycles. The van der Waals surface area contributed by atoms with Crippen molar-refractivity contribution in [2.75, 3.05) is 18.6 Å². The van der Waals surface area contributed by atoms with Gasteiger partial charge in [0.05, 0.1) is 35.0 Å². The van der Waals surface area contributed by atoms with Crippen LogP contribution in [0.1, 0.15) is 88.1 Å². The van der Waals surface area contributed by atoms with Gasteiger partial charge >= 0.3 is 6.09 Å². The number of aryl methyl sites for hydroxylation is 1. The number of carbonyl (C=O) groups excluding carboxylic acids is 1. The van der Waals surface area contributed by atoms with Crippen molar-refractivity contribution >= 4 is 43.6 Å². The Morgan fingerprint density at radius 3 is 2.46 bits per heavy atom. The van der Waals surface area contributed by atoms with E-state index < -0.39 is 21.8 Å². The fraction of sp³-hybridized carbons (Fsp3) is 0.513. The summed E-state index contributed by atoms with van der Waals surface area (Å²) < 4.78 is 46.6. The molecule has 2 aromatic carbocycles. The number of anilines is 1. The fourth-order valence-corrected chi connectivity index (χ4v) is 9.78.